The maximum Gasteiger partial charge on any atom is 0.219 e. The Hall–Kier alpha value is -1.64. The molecule has 0 aromatic heterocycles. The Morgan fingerprint density at radius 1 is 1.40 bits per heavy atom. The van der Waals surface area contributed by atoms with Gasteiger partial charge in [0.15, 0.2) is 0 Å². The van der Waals surface area contributed by atoms with Gasteiger partial charge >= 0.3 is 0 Å². The standard InChI is InChI=1S/C14H15ClFN3O/c1-10(20)18-5-7-19(8-6-18)13(9-17)14-11(15)3-2-4-12(14)16/h2-4,13H,5-8H2,1H3. The topological polar surface area (TPSA) is 47.3 Å². The molecule has 2 rings (SSSR count). The Labute approximate surface area is 122 Å². The third-order valence-electron chi connectivity index (χ3n) is 3.52. The van der Waals surface area contributed by atoms with Crippen molar-refractivity contribution in [2.24, 2.45) is 0 Å². The summed E-state index contributed by atoms with van der Waals surface area (Å²) in [4.78, 5) is 14.9. The van der Waals surface area contributed by atoms with Gasteiger partial charge in [0.25, 0.3) is 0 Å². The molecule has 0 N–H and O–H groups in total. The first-order valence-electron chi connectivity index (χ1n) is 6.37. The fourth-order valence-corrected chi connectivity index (χ4v) is 2.66. The zero-order valence-corrected chi connectivity index (χ0v) is 11.9. The van der Waals surface area contributed by atoms with Crippen LogP contribution in [0.1, 0.15) is 18.5 Å². The van der Waals surface area contributed by atoms with Gasteiger partial charge < -0.3 is 4.90 Å². The molecule has 1 saturated heterocycles. The van der Waals surface area contributed by atoms with E-state index in [-0.39, 0.29) is 16.5 Å². The predicted molar refractivity (Wildman–Crippen MR) is 73.6 cm³/mol. The third kappa shape index (κ3) is 2.92. The molecule has 0 spiro atoms. The molecule has 106 valence electrons. The highest BCUT2D eigenvalue weighted by Crippen LogP contribution is 2.30. The van der Waals surface area contributed by atoms with E-state index in [0.29, 0.717) is 26.2 Å². The quantitative estimate of drug-likeness (QED) is 0.840. The summed E-state index contributed by atoms with van der Waals surface area (Å²) >= 11 is 6.02. The van der Waals surface area contributed by atoms with Crippen molar-refractivity contribution in [3.05, 3.63) is 34.6 Å². The summed E-state index contributed by atoms with van der Waals surface area (Å²) in [5, 5.41) is 9.61. The minimum Gasteiger partial charge on any atom is -0.340 e. The van der Waals surface area contributed by atoms with Crippen molar-refractivity contribution < 1.29 is 9.18 Å². The number of nitrogens with zero attached hydrogens (tertiary/aromatic N) is 3. The van der Waals surface area contributed by atoms with Crippen LogP contribution in [-0.2, 0) is 4.79 Å². The van der Waals surface area contributed by atoms with E-state index in [9.17, 15) is 14.4 Å². The molecular weight excluding hydrogens is 281 g/mol. The largest absolute Gasteiger partial charge is 0.340 e. The SMILES string of the molecule is CC(=O)N1CCN(C(C#N)c2c(F)cccc2Cl)CC1. The number of carbonyl (C=O) groups excluding carboxylic acids is 1. The van der Waals surface area contributed by atoms with E-state index < -0.39 is 11.9 Å². The Morgan fingerprint density at radius 3 is 2.55 bits per heavy atom. The van der Waals surface area contributed by atoms with Crippen molar-refractivity contribution in [3.63, 3.8) is 0 Å². The minimum absolute atomic E-state index is 0.0158. The van der Waals surface area contributed by atoms with Gasteiger partial charge in [0.05, 0.1) is 6.07 Å². The average Bonchev–Trinajstić information content (AvgIpc) is 2.43. The molecule has 0 radical (unpaired) electrons. The number of carbonyl (C=O) groups is 1. The number of nitriles is 1. The van der Waals surface area contributed by atoms with Crippen molar-refractivity contribution in [2.75, 3.05) is 26.2 Å². The monoisotopic (exact) mass is 295 g/mol. The van der Waals surface area contributed by atoms with Gasteiger partial charge in [-0.15, -0.1) is 0 Å². The molecule has 1 amide bonds. The van der Waals surface area contributed by atoms with Gasteiger partial charge in [0, 0.05) is 43.7 Å². The van der Waals surface area contributed by atoms with Gasteiger partial charge in [-0.2, -0.15) is 5.26 Å². The van der Waals surface area contributed by atoms with E-state index in [1.807, 2.05) is 4.90 Å². The average molecular weight is 296 g/mol. The van der Waals surface area contributed by atoms with E-state index in [1.165, 1.54) is 19.1 Å². The molecule has 1 aromatic carbocycles. The molecule has 1 fully saturated rings. The summed E-state index contributed by atoms with van der Waals surface area (Å²) in [6.45, 7) is 3.66. The molecule has 1 unspecified atom stereocenters. The molecule has 0 bridgehead atoms. The molecule has 1 aromatic rings. The maximum atomic E-state index is 13.9. The van der Waals surface area contributed by atoms with E-state index >= 15 is 0 Å². The molecule has 1 atom stereocenters. The zero-order valence-electron chi connectivity index (χ0n) is 11.1. The Kier molecular flexibility index (Phi) is 4.58. The van der Waals surface area contributed by atoms with Crippen LogP contribution in [0.5, 0.6) is 0 Å². The highest BCUT2D eigenvalue weighted by molar-refractivity contribution is 6.31. The second-order valence-electron chi connectivity index (χ2n) is 4.71. The highest BCUT2D eigenvalue weighted by atomic mass is 35.5. The number of hydrogen-bond donors (Lipinski definition) is 0. The van der Waals surface area contributed by atoms with Crippen molar-refractivity contribution in [3.8, 4) is 6.07 Å². The molecule has 1 heterocycles. The molecular formula is C14H15ClFN3O. The summed E-state index contributed by atoms with van der Waals surface area (Å²) in [6.07, 6.45) is 0. The summed E-state index contributed by atoms with van der Waals surface area (Å²) in [6, 6.07) is 5.79. The summed E-state index contributed by atoms with van der Waals surface area (Å²) < 4.78 is 13.9. The summed E-state index contributed by atoms with van der Waals surface area (Å²) in [5.41, 5.74) is 0.216. The fraction of sp³-hybridized carbons (Fsp3) is 0.429. The molecule has 0 aliphatic carbocycles. The van der Waals surface area contributed by atoms with Gasteiger partial charge in [-0.1, -0.05) is 17.7 Å². The van der Waals surface area contributed by atoms with Crippen LogP contribution in [0.3, 0.4) is 0 Å². The van der Waals surface area contributed by atoms with Crippen LogP contribution in [0.25, 0.3) is 0 Å². The van der Waals surface area contributed by atoms with E-state index in [1.54, 1.807) is 11.0 Å². The lowest BCUT2D eigenvalue weighted by Gasteiger charge is -2.36. The molecule has 20 heavy (non-hydrogen) atoms. The first-order chi connectivity index (χ1) is 9.54. The van der Waals surface area contributed by atoms with Gasteiger partial charge in [0.1, 0.15) is 11.9 Å². The molecule has 4 nitrogen and oxygen atoms in total. The Balaban J connectivity index is 2.19. The van der Waals surface area contributed by atoms with Gasteiger partial charge in [0.2, 0.25) is 5.91 Å². The third-order valence-corrected chi connectivity index (χ3v) is 3.85. The van der Waals surface area contributed by atoms with Crippen LogP contribution in [0.15, 0.2) is 18.2 Å². The molecule has 0 saturated carbocycles. The van der Waals surface area contributed by atoms with Crippen molar-refractivity contribution >= 4 is 17.5 Å². The molecule has 6 heteroatoms. The van der Waals surface area contributed by atoms with Gasteiger partial charge in [-0.05, 0) is 12.1 Å². The minimum atomic E-state index is -0.724. The smallest absolute Gasteiger partial charge is 0.219 e. The summed E-state index contributed by atoms with van der Waals surface area (Å²) in [5.74, 6) is -0.458. The number of amides is 1. The second kappa shape index (κ2) is 6.21. The fourth-order valence-electron chi connectivity index (χ4n) is 2.40. The van der Waals surface area contributed by atoms with Crippen LogP contribution in [0.2, 0.25) is 5.02 Å². The number of rotatable bonds is 2. The number of benzene rings is 1. The van der Waals surface area contributed by atoms with Crippen molar-refractivity contribution in [1.29, 1.82) is 5.26 Å². The van der Waals surface area contributed by atoms with Gasteiger partial charge in [-0.3, -0.25) is 9.69 Å². The van der Waals surface area contributed by atoms with Crippen molar-refractivity contribution in [1.82, 2.24) is 9.80 Å². The number of hydrogen-bond acceptors (Lipinski definition) is 3. The van der Waals surface area contributed by atoms with E-state index in [0.717, 1.165) is 0 Å². The predicted octanol–water partition coefficient (Wildman–Crippen LogP) is 2.21. The van der Waals surface area contributed by atoms with E-state index in [4.69, 9.17) is 11.6 Å². The van der Waals surface area contributed by atoms with Crippen LogP contribution >= 0.6 is 11.6 Å². The van der Waals surface area contributed by atoms with E-state index in [2.05, 4.69) is 6.07 Å². The number of halogens is 2. The second-order valence-corrected chi connectivity index (χ2v) is 5.12. The Bertz CT molecular complexity index is 530. The Morgan fingerprint density at radius 2 is 2.05 bits per heavy atom. The normalized spacial score (nSPS) is 17.6. The lowest BCUT2D eigenvalue weighted by atomic mass is 10.0. The maximum absolute atomic E-state index is 13.9. The first-order valence-corrected chi connectivity index (χ1v) is 6.75. The van der Waals surface area contributed by atoms with Gasteiger partial charge in [-0.25, -0.2) is 4.39 Å². The molecule has 1 aliphatic heterocycles. The highest BCUT2D eigenvalue weighted by Gasteiger charge is 2.29. The van der Waals surface area contributed by atoms with Crippen LogP contribution in [0, 0.1) is 17.1 Å². The van der Waals surface area contributed by atoms with Crippen LogP contribution in [0.4, 0.5) is 4.39 Å². The molecule has 1 aliphatic rings. The lowest BCUT2D eigenvalue weighted by Crippen LogP contribution is -2.49. The van der Waals surface area contributed by atoms with Crippen molar-refractivity contribution in [2.45, 2.75) is 13.0 Å². The first kappa shape index (κ1) is 14.8. The zero-order chi connectivity index (χ0) is 14.7. The lowest BCUT2D eigenvalue weighted by molar-refractivity contribution is -0.130. The summed E-state index contributed by atoms with van der Waals surface area (Å²) in [7, 11) is 0. The number of piperazine rings is 1. The van der Waals surface area contributed by atoms with Crippen LogP contribution < -0.4 is 0 Å². The van der Waals surface area contributed by atoms with Crippen LogP contribution in [-0.4, -0.2) is 41.9 Å².